The summed E-state index contributed by atoms with van der Waals surface area (Å²) in [5, 5.41) is 0.768. The smallest absolute Gasteiger partial charge is 0.219 e. The fraction of sp³-hybridized carbons (Fsp3) is 0.235. The summed E-state index contributed by atoms with van der Waals surface area (Å²) in [7, 11) is 0. The van der Waals surface area contributed by atoms with E-state index in [9.17, 15) is 0 Å². The third kappa shape index (κ3) is 2.80. The van der Waals surface area contributed by atoms with E-state index in [0.29, 0.717) is 12.4 Å². The molecule has 108 valence electrons. The van der Waals surface area contributed by atoms with Gasteiger partial charge in [-0.2, -0.15) is 0 Å². The van der Waals surface area contributed by atoms with Gasteiger partial charge in [0.15, 0.2) is 0 Å². The highest BCUT2D eigenvalue weighted by Gasteiger charge is 2.30. The third-order valence-corrected chi connectivity index (χ3v) is 4.19. The molecule has 0 radical (unpaired) electrons. The van der Waals surface area contributed by atoms with Crippen LogP contribution in [0.4, 0.5) is 0 Å². The molecular formula is C17H17ClN2O. The van der Waals surface area contributed by atoms with Crippen LogP contribution >= 0.6 is 11.6 Å². The Bertz CT molecular complexity index is 659. The second-order valence-electron chi connectivity index (χ2n) is 5.16. The molecule has 3 nitrogen and oxygen atoms in total. The topological polar surface area (TPSA) is 47.6 Å². The van der Waals surface area contributed by atoms with Gasteiger partial charge in [0.25, 0.3) is 0 Å². The summed E-state index contributed by atoms with van der Waals surface area (Å²) in [5.41, 5.74) is 7.79. The summed E-state index contributed by atoms with van der Waals surface area (Å²) in [4.78, 5) is 4.69. The number of para-hydroxylation sites is 1. The minimum atomic E-state index is -0.106. The normalized spacial score (nSPS) is 24.3. The lowest BCUT2D eigenvalue weighted by molar-refractivity contribution is 0.522. The molecule has 0 saturated carbocycles. The highest BCUT2D eigenvalue weighted by Crippen LogP contribution is 2.34. The van der Waals surface area contributed by atoms with Crippen LogP contribution < -0.4 is 10.5 Å². The van der Waals surface area contributed by atoms with Crippen molar-refractivity contribution in [2.45, 2.75) is 13.0 Å². The average molecular weight is 301 g/mol. The molecule has 0 fully saturated rings. The molecule has 0 saturated heterocycles. The SMILES string of the molecule is CC1=C(Cl)C2N=C(Oc3ccccc3)C(CN)=CC2C=C1. The molecule has 2 atom stereocenters. The number of nitrogens with two attached hydrogens (primary N) is 1. The largest absolute Gasteiger partial charge is 0.439 e. The van der Waals surface area contributed by atoms with Crippen molar-refractivity contribution in [1.82, 2.24) is 0 Å². The lowest BCUT2D eigenvalue weighted by Gasteiger charge is -2.29. The lowest BCUT2D eigenvalue weighted by Crippen LogP contribution is -2.31. The van der Waals surface area contributed by atoms with Gasteiger partial charge in [-0.05, 0) is 24.6 Å². The van der Waals surface area contributed by atoms with E-state index >= 15 is 0 Å². The van der Waals surface area contributed by atoms with Crippen molar-refractivity contribution in [3.05, 3.63) is 64.7 Å². The van der Waals surface area contributed by atoms with Crippen LogP contribution in [0.2, 0.25) is 0 Å². The van der Waals surface area contributed by atoms with E-state index < -0.39 is 0 Å². The van der Waals surface area contributed by atoms with E-state index in [2.05, 4.69) is 17.1 Å². The molecule has 1 aliphatic heterocycles. The van der Waals surface area contributed by atoms with Crippen LogP contribution in [0.3, 0.4) is 0 Å². The average Bonchev–Trinajstić information content (AvgIpc) is 2.52. The van der Waals surface area contributed by atoms with Crippen LogP contribution in [-0.4, -0.2) is 18.5 Å². The van der Waals surface area contributed by atoms with E-state index in [0.717, 1.165) is 21.9 Å². The van der Waals surface area contributed by atoms with Gasteiger partial charge in [0.2, 0.25) is 5.90 Å². The number of allylic oxidation sites excluding steroid dienone is 2. The zero-order chi connectivity index (χ0) is 14.8. The maximum Gasteiger partial charge on any atom is 0.219 e. The minimum absolute atomic E-state index is 0.106. The van der Waals surface area contributed by atoms with Gasteiger partial charge in [-0.25, -0.2) is 4.99 Å². The van der Waals surface area contributed by atoms with Crippen molar-refractivity contribution in [1.29, 1.82) is 0 Å². The van der Waals surface area contributed by atoms with Gasteiger partial charge in [-0.1, -0.05) is 48.0 Å². The van der Waals surface area contributed by atoms with Gasteiger partial charge in [0.05, 0.1) is 6.04 Å². The number of fused-ring (bicyclic) bond motifs is 1. The number of halogens is 1. The Balaban J connectivity index is 1.93. The first-order chi connectivity index (χ1) is 10.2. The van der Waals surface area contributed by atoms with Gasteiger partial charge in [0, 0.05) is 23.1 Å². The van der Waals surface area contributed by atoms with Gasteiger partial charge in [-0.15, -0.1) is 0 Å². The number of hydrogen-bond donors (Lipinski definition) is 1. The number of hydrogen-bond acceptors (Lipinski definition) is 3. The van der Waals surface area contributed by atoms with Crippen molar-refractivity contribution < 1.29 is 4.74 Å². The van der Waals surface area contributed by atoms with Gasteiger partial charge < -0.3 is 10.5 Å². The Morgan fingerprint density at radius 2 is 2.05 bits per heavy atom. The van der Waals surface area contributed by atoms with E-state index in [-0.39, 0.29) is 12.0 Å². The second-order valence-corrected chi connectivity index (χ2v) is 5.56. The molecule has 0 aromatic heterocycles. The number of rotatable bonds is 2. The quantitative estimate of drug-likeness (QED) is 0.909. The van der Waals surface area contributed by atoms with Crippen LogP contribution in [0.25, 0.3) is 0 Å². The molecule has 2 aliphatic rings. The lowest BCUT2D eigenvalue weighted by atomic mass is 9.88. The van der Waals surface area contributed by atoms with Crippen molar-refractivity contribution in [3.8, 4) is 5.75 Å². The molecule has 0 bridgehead atoms. The third-order valence-electron chi connectivity index (χ3n) is 3.67. The molecule has 2 unspecified atom stereocenters. The first-order valence-electron chi connectivity index (χ1n) is 6.95. The molecule has 2 N–H and O–H groups in total. The van der Waals surface area contributed by atoms with E-state index in [1.54, 1.807) is 0 Å². The van der Waals surface area contributed by atoms with Gasteiger partial charge in [0.1, 0.15) is 5.75 Å². The van der Waals surface area contributed by atoms with Crippen LogP contribution in [0, 0.1) is 5.92 Å². The van der Waals surface area contributed by atoms with Crippen molar-refractivity contribution >= 4 is 17.5 Å². The predicted molar refractivity (Wildman–Crippen MR) is 86.6 cm³/mol. The van der Waals surface area contributed by atoms with Crippen molar-refractivity contribution in [2.75, 3.05) is 6.54 Å². The van der Waals surface area contributed by atoms with Crippen LogP contribution in [0.15, 0.2) is 69.7 Å². The molecule has 0 spiro atoms. The molecule has 1 aliphatic carbocycles. The van der Waals surface area contributed by atoms with E-state index in [1.807, 2.05) is 43.3 Å². The number of dihydropyridines is 1. The van der Waals surface area contributed by atoms with Crippen LogP contribution in [0.5, 0.6) is 5.75 Å². The fourth-order valence-corrected chi connectivity index (χ4v) is 2.75. The summed E-state index contributed by atoms with van der Waals surface area (Å²) in [6, 6.07) is 9.48. The Morgan fingerprint density at radius 3 is 2.76 bits per heavy atom. The maximum atomic E-state index is 6.41. The fourth-order valence-electron chi connectivity index (χ4n) is 2.49. The minimum Gasteiger partial charge on any atom is -0.439 e. The molecule has 4 heteroatoms. The summed E-state index contributed by atoms with van der Waals surface area (Å²) < 4.78 is 5.89. The molecule has 0 amide bonds. The summed E-state index contributed by atoms with van der Waals surface area (Å²) in [6.45, 7) is 2.38. The van der Waals surface area contributed by atoms with Crippen molar-refractivity contribution in [2.24, 2.45) is 16.6 Å². The zero-order valence-corrected chi connectivity index (χ0v) is 12.5. The molecule has 1 heterocycles. The molecular weight excluding hydrogens is 284 g/mol. The Morgan fingerprint density at radius 1 is 1.29 bits per heavy atom. The number of ether oxygens (including phenoxy) is 1. The Hall–Kier alpha value is -1.84. The standard InChI is InChI=1S/C17H17ClN2O/c1-11-7-8-12-9-13(10-19)17(20-16(12)15(11)18)21-14-5-3-2-4-6-14/h2-9,12,16H,10,19H2,1H3. The van der Waals surface area contributed by atoms with Gasteiger partial charge in [-0.3, -0.25) is 0 Å². The monoisotopic (exact) mass is 300 g/mol. The molecule has 3 rings (SSSR count). The summed E-state index contributed by atoms with van der Waals surface area (Å²) >= 11 is 6.41. The summed E-state index contributed by atoms with van der Waals surface area (Å²) in [5.74, 6) is 1.46. The van der Waals surface area contributed by atoms with Gasteiger partial charge >= 0.3 is 0 Å². The Labute approximate surface area is 129 Å². The molecule has 1 aromatic carbocycles. The highest BCUT2D eigenvalue weighted by atomic mass is 35.5. The number of nitrogens with zero attached hydrogens (tertiary/aromatic N) is 1. The molecule has 1 aromatic rings. The van der Waals surface area contributed by atoms with Crippen LogP contribution in [0.1, 0.15) is 6.92 Å². The predicted octanol–water partition coefficient (Wildman–Crippen LogP) is 3.43. The number of aliphatic imine (C=N–C) groups is 1. The van der Waals surface area contributed by atoms with Crippen molar-refractivity contribution in [3.63, 3.8) is 0 Å². The van der Waals surface area contributed by atoms with Crippen LogP contribution in [-0.2, 0) is 0 Å². The number of benzene rings is 1. The Kier molecular flexibility index (Phi) is 3.95. The first-order valence-corrected chi connectivity index (χ1v) is 7.33. The zero-order valence-electron chi connectivity index (χ0n) is 11.8. The summed E-state index contributed by atoms with van der Waals surface area (Å²) in [6.07, 6.45) is 6.25. The van der Waals surface area contributed by atoms with E-state index in [1.165, 1.54) is 0 Å². The second kappa shape index (κ2) is 5.88. The first kappa shape index (κ1) is 14.1. The molecule has 21 heavy (non-hydrogen) atoms. The highest BCUT2D eigenvalue weighted by molar-refractivity contribution is 6.31. The van der Waals surface area contributed by atoms with E-state index in [4.69, 9.17) is 22.1 Å². The maximum absolute atomic E-state index is 6.41.